The minimum absolute atomic E-state index is 0.116. The van der Waals surface area contributed by atoms with E-state index in [2.05, 4.69) is 31.8 Å². The molecule has 0 atom stereocenters. The molecule has 2 aromatic rings. The van der Waals surface area contributed by atoms with Gasteiger partial charge in [-0.05, 0) is 57.4 Å². The monoisotopic (exact) mass is 419 g/mol. The van der Waals surface area contributed by atoms with Gasteiger partial charge in [-0.2, -0.15) is 5.10 Å². The van der Waals surface area contributed by atoms with Gasteiger partial charge >= 0.3 is 0 Å². The molecule has 3 N–H and O–H groups in total. The molecule has 26 heavy (non-hydrogen) atoms. The molecule has 0 radical (unpaired) electrons. The Hall–Kier alpha value is -2.87. The number of amides is 2. The first kappa shape index (κ1) is 19.5. The van der Waals surface area contributed by atoms with Gasteiger partial charge in [-0.25, -0.2) is 5.43 Å². The predicted molar refractivity (Wildman–Crippen MR) is 101 cm³/mol. The molecule has 0 aromatic heterocycles. The number of methoxy groups -OCH3 is 1. The van der Waals surface area contributed by atoms with Crippen molar-refractivity contribution in [2.75, 3.05) is 13.7 Å². The Labute approximate surface area is 159 Å². The molecule has 0 fully saturated rings. The third kappa shape index (κ3) is 6.21. The maximum absolute atomic E-state index is 11.8. The maximum Gasteiger partial charge on any atom is 0.259 e. The van der Waals surface area contributed by atoms with Gasteiger partial charge in [-0.3, -0.25) is 9.59 Å². The minimum atomic E-state index is -0.442. The van der Waals surface area contributed by atoms with Crippen molar-refractivity contribution < 1.29 is 19.4 Å². The van der Waals surface area contributed by atoms with Gasteiger partial charge in [0, 0.05) is 0 Å². The van der Waals surface area contributed by atoms with Crippen LogP contribution >= 0.6 is 15.9 Å². The molecular weight excluding hydrogens is 402 g/mol. The van der Waals surface area contributed by atoms with Crippen LogP contribution in [-0.2, 0) is 16.0 Å². The van der Waals surface area contributed by atoms with Gasteiger partial charge < -0.3 is 15.2 Å². The second-order valence-corrected chi connectivity index (χ2v) is 6.16. The summed E-state index contributed by atoms with van der Waals surface area (Å²) in [7, 11) is 1.57. The van der Waals surface area contributed by atoms with Crippen molar-refractivity contribution in [3.8, 4) is 11.5 Å². The van der Waals surface area contributed by atoms with Crippen molar-refractivity contribution in [3.05, 3.63) is 58.1 Å². The van der Waals surface area contributed by atoms with Crippen LogP contribution in [0, 0.1) is 0 Å². The SMILES string of the molecule is COc1ccc(CC(=O)NCC(=O)N/N=C\c2ccc(O)c(Br)c2)cc1. The summed E-state index contributed by atoms with van der Waals surface area (Å²) in [6.07, 6.45) is 1.60. The number of benzene rings is 2. The molecule has 0 spiro atoms. The summed E-state index contributed by atoms with van der Waals surface area (Å²) in [5, 5.41) is 15.7. The second-order valence-electron chi connectivity index (χ2n) is 5.31. The average Bonchev–Trinajstić information content (AvgIpc) is 2.63. The number of halogens is 1. The number of hydrazone groups is 1. The smallest absolute Gasteiger partial charge is 0.259 e. The molecular formula is C18H18BrN3O4. The summed E-state index contributed by atoms with van der Waals surface area (Å²) < 4.78 is 5.58. The Kier molecular flexibility index (Phi) is 7.16. The quantitative estimate of drug-likeness (QED) is 0.471. The van der Waals surface area contributed by atoms with Crippen LogP contribution in [-0.4, -0.2) is 36.8 Å². The molecule has 7 nitrogen and oxygen atoms in total. The van der Waals surface area contributed by atoms with Crippen molar-refractivity contribution in [1.29, 1.82) is 0 Å². The molecule has 0 aliphatic rings. The number of nitrogens with zero attached hydrogens (tertiary/aromatic N) is 1. The maximum atomic E-state index is 11.8. The number of rotatable bonds is 7. The highest BCUT2D eigenvalue weighted by Gasteiger charge is 2.06. The summed E-state index contributed by atoms with van der Waals surface area (Å²) >= 11 is 3.19. The molecule has 0 aliphatic carbocycles. The van der Waals surface area contributed by atoms with Gasteiger partial charge in [-0.1, -0.05) is 12.1 Å². The topological polar surface area (TPSA) is 100 Å². The first-order chi connectivity index (χ1) is 12.5. The number of aromatic hydroxyl groups is 1. The highest BCUT2D eigenvalue weighted by molar-refractivity contribution is 9.10. The average molecular weight is 420 g/mol. The number of hydrogen-bond donors (Lipinski definition) is 3. The Bertz CT molecular complexity index is 807. The predicted octanol–water partition coefficient (Wildman–Crippen LogP) is 1.97. The second kappa shape index (κ2) is 9.57. The molecule has 8 heteroatoms. The standard InChI is InChI=1S/C18H18BrN3O4/c1-26-14-5-2-12(3-6-14)9-17(24)20-11-18(25)22-21-10-13-4-7-16(23)15(19)8-13/h2-8,10,23H,9,11H2,1H3,(H,20,24)(H,22,25)/b21-10-. The minimum Gasteiger partial charge on any atom is -0.507 e. The summed E-state index contributed by atoms with van der Waals surface area (Å²) in [5.74, 6) is 0.122. The third-order valence-electron chi connectivity index (χ3n) is 3.34. The van der Waals surface area contributed by atoms with E-state index in [9.17, 15) is 14.7 Å². The molecule has 2 amide bonds. The van der Waals surface area contributed by atoms with E-state index in [4.69, 9.17) is 4.74 Å². The first-order valence-corrected chi connectivity index (χ1v) is 8.47. The van der Waals surface area contributed by atoms with Crippen LogP contribution in [0.1, 0.15) is 11.1 Å². The largest absolute Gasteiger partial charge is 0.507 e. The zero-order chi connectivity index (χ0) is 18.9. The highest BCUT2D eigenvalue weighted by Crippen LogP contribution is 2.23. The van der Waals surface area contributed by atoms with Crippen LogP contribution < -0.4 is 15.5 Å². The summed E-state index contributed by atoms with van der Waals surface area (Å²) in [6.45, 7) is -0.175. The lowest BCUT2D eigenvalue weighted by molar-refractivity contribution is -0.125. The van der Waals surface area contributed by atoms with Crippen LogP contribution in [0.2, 0.25) is 0 Å². The van der Waals surface area contributed by atoms with Crippen molar-refractivity contribution in [2.45, 2.75) is 6.42 Å². The Morgan fingerprint density at radius 1 is 1.19 bits per heavy atom. The fourth-order valence-electron chi connectivity index (χ4n) is 1.99. The van der Waals surface area contributed by atoms with Crippen molar-refractivity contribution in [1.82, 2.24) is 10.7 Å². The lowest BCUT2D eigenvalue weighted by atomic mass is 10.1. The number of phenols is 1. The number of ether oxygens (including phenoxy) is 1. The number of carbonyl (C=O) groups excluding carboxylic acids is 2. The molecule has 2 rings (SSSR count). The summed E-state index contributed by atoms with van der Waals surface area (Å²) in [6, 6.07) is 11.9. The summed E-state index contributed by atoms with van der Waals surface area (Å²) in [4.78, 5) is 23.5. The van der Waals surface area contributed by atoms with E-state index in [0.717, 1.165) is 5.56 Å². The van der Waals surface area contributed by atoms with Gasteiger partial charge in [-0.15, -0.1) is 0 Å². The Morgan fingerprint density at radius 3 is 2.58 bits per heavy atom. The van der Waals surface area contributed by atoms with Crippen molar-refractivity contribution in [3.63, 3.8) is 0 Å². The van der Waals surface area contributed by atoms with Gasteiger partial charge in [0.2, 0.25) is 5.91 Å². The van der Waals surface area contributed by atoms with Crippen LogP contribution in [0.25, 0.3) is 0 Å². The number of phenolic OH excluding ortho intramolecular Hbond substituents is 1. The van der Waals surface area contributed by atoms with Crippen LogP contribution in [0.4, 0.5) is 0 Å². The highest BCUT2D eigenvalue weighted by atomic mass is 79.9. The lowest BCUT2D eigenvalue weighted by Crippen LogP contribution is -2.35. The molecule has 2 aromatic carbocycles. The van der Waals surface area contributed by atoms with Gasteiger partial charge in [0.25, 0.3) is 5.91 Å². The molecule has 0 unspecified atom stereocenters. The van der Waals surface area contributed by atoms with E-state index in [1.54, 1.807) is 43.5 Å². The van der Waals surface area contributed by atoms with E-state index < -0.39 is 5.91 Å². The molecule has 0 saturated heterocycles. The van der Waals surface area contributed by atoms with Gasteiger partial charge in [0.05, 0.1) is 30.8 Å². The Morgan fingerprint density at radius 2 is 1.92 bits per heavy atom. The third-order valence-corrected chi connectivity index (χ3v) is 3.98. The van der Waals surface area contributed by atoms with E-state index in [0.29, 0.717) is 15.8 Å². The Balaban J connectivity index is 1.74. The fourth-order valence-corrected chi connectivity index (χ4v) is 2.39. The van der Waals surface area contributed by atoms with Gasteiger partial charge in [0.1, 0.15) is 11.5 Å². The lowest BCUT2D eigenvalue weighted by Gasteiger charge is -2.05. The zero-order valence-electron chi connectivity index (χ0n) is 14.0. The van der Waals surface area contributed by atoms with Crippen molar-refractivity contribution in [2.24, 2.45) is 5.10 Å². The van der Waals surface area contributed by atoms with Crippen LogP contribution in [0.3, 0.4) is 0 Å². The van der Waals surface area contributed by atoms with Gasteiger partial charge in [0.15, 0.2) is 0 Å². The zero-order valence-corrected chi connectivity index (χ0v) is 15.6. The van der Waals surface area contributed by atoms with E-state index >= 15 is 0 Å². The first-order valence-electron chi connectivity index (χ1n) is 7.68. The number of carbonyl (C=O) groups is 2. The fraction of sp³-hybridized carbons (Fsp3) is 0.167. The van der Waals surface area contributed by atoms with E-state index in [-0.39, 0.29) is 24.6 Å². The van der Waals surface area contributed by atoms with Crippen LogP contribution in [0.5, 0.6) is 11.5 Å². The van der Waals surface area contributed by atoms with E-state index in [1.165, 1.54) is 12.3 Å². The normalized spacial score (nSPS) is 10.5. The molecule has 0 saturated carbocycles. The molecule has 0 bridgehead atoms. The van der Waals surface area contributed by atoms with E-state index in [1.807, 2.05) is 0 Å². The molecule has 0 heterocycles. The molecule has 0 aliphatic heterocycles. The summed E-state index contributed by atoms with van der Waals surface area (Å²) in [5.41, 5.74) is 3.83. The van der Waals surface area contributed by atoms with Crippen LogP contribution in [0.15, 0.2) is 52.0 Å². The number of hydrogen-bond acceptors (Lipinski definition) is 5. The number of nitrogens with one attached hydrogen (secondary N) is 2. The molecule has 136 valence electrons. The van der Waals surface area contributed by atoms with Crippen molar-refractivity contribution >= 4 is 34.0 Å².